The van der Waals surface area contributed by atoms with Crippen molar-refractivity contribution in [2.45, 2.75) is 19.4 Å². The largest absolute Gasteiger partial charge is 0.337 e. The Labute approximate surface area is 133 Å². The first kappa shape index (κ1) is 15.9. The van der Waals surface area contributed by atoms with Gasteiger partial charge in [-0.2, -0.15) is 0 Å². The molecule has 0 radical (unpaired) electrons. The van der Waals surface area contributed by atoms with E-state index in [2.05, 4.69) is 5.32 Å². The van der Waals surface area contributed by atoms with Crippen LogP contribution in [0.5, 0.6) is 0 Å². The van der Waals surface area contributed by atoms with Gasteiger partial charge >= 0.3 is 0 Å². The maximum Gasteiger partial charge on any atom is 0.228 e. The molecule has 1 aromatic rings. The molecule has 0 bridgehead atoms. The lowest BCUT2D eigenvalue weighted by Crippen LogP contribution is -2.54. The topological polar surface area (TPSA) is 52.7 Å². The van der Waals surface area contributed by atoms with Crippen molar-refractivity contribution in [1.29, 1.82) is 0 Å². The highest BCUT2D eigenvalue weighted by Gasteiger charge is 2.38. The number of piperazine rings is 1. The minimum absolute atomic E-state index is 0.0632. The van der Waals surface area contributed by atoms with Crippen LogP contribution in [0.3, 0.4) is 0 Å². The van der Waals surface area contributed by atoms with Crippen LogP contribution >= 0.6 is 0 Å². The lowest BCUT2D eigenvalue weighted by atomic mass is 10.1. The molecule has 2 heterocycles. The molecule has 2 atom stereocenters. The smallest absolute Gasteiger partial charge is 0.228 e. The van der Waals surface area contributed by atoms with Gasteiger partial charge in [-0.1, -0.05) is 0 Å². The van der Waals surface area contributed by atoms with Gasteiger partial charge in [-0.05, 0) is 19.1 Å². The molecule has 5 nitrogen and oxygen atoms in total. The van der Waals surface area contributed by atoms with Crippen molar-refractivity contribution in [2.75, 3.05) is 31.1 Å². The molecular formula is C16H19F2N3O2. The Balaban J connectivity index is 1.75. The summed E-state index contributed by atoms with van der Waals surface area (Å²) in [5.41, 5.74) is 0.163. The predicted octanol–water partition coefficient (Wildman–Crippen LogP) is 1.14. The van der Waals surface area contributed by atoms with Gasteiger partial charge in [0, 0.05) is 50.4 Å². The quantitative estimate of drug-likeness (QED) is 0.888. The number of rotatable bonds is 2. The molecule has 2 fully saturated rings. The van der Waals surface area contributed by atoms with Crippen LogP contribution in [0.1, 0.15) is 13.3 Å². The summed E-state index contributed by atoms with van der Waals surface area (Å²) < 4.78 is 26.7. The molecular weight excluding hydrogens is 304 g/mol. The van der Waals surface area contributed by atoms with E-state index in [9.17, 15) is 18.4 Å². The van der Waals surface area contributed by atoms with Gasteiger partial charge in [-0.3, -0.25) is 9.59 Å². The van der Waals surface area contributed by atoms with E-state index in [-0.39, 0.29) is 36.5 Å². The Kier molecular flexibility index (Phi) is 4.30. The van der Waals surface area contributed by atoms with Gasteiger partial charge in [0.2, 0.25) is 11.8 Å². The van der Waals surface area contributed by atoms with E-state index in [1.165, 1.54) is 4.90 Å². The number of anilines is 1. The van der Waals surface area contributed by atoms with Crippen molar-refractivity contribution in [1.82, 2.24) is 10.2 Å². The Morgan fingerprint density at radius 2 is 1.96 bits per heavy atom. The summed E-state index contributed by atoms with van der Waals surface area (Å²) in [7, 11) is 0. The number of nitrogens with one attached hydrogen (secondary N) is 1. The van der Waals surface area contributed by atoms with Crippen molar-refractivity contribution < 1.29 is 18.4 Å². The molecule has 7 heteroatoms. The van der Waals surface area contributed by atoms with E-state index in [1.807, 2.05) is 6.92 Å². The second kappa shape index (κ2) is 6.23. The van der Waals surface area contributed by atoms with Gasteiger partial charge in [-0.25, -0.2) is 8.78 Å². The standard InChI is InChI=1S/C16H19F2N3O2/c1-10-8-19-2-3-20(10)16(23)11-4-15(22)21(9-11)14-6-12(17)5-13(18)7-14/h5-7,10-11,19H,2-4,8-9H2,1H3/t10-,11?/m1/s1. The summed E-state index contributed by atoms with van der Waals surface area (Å²) in [5.74, 6) is -2.28. The van der Waals surface area contributed by atoms with E-state index in [0.717, 1.165) is 31.3 Å². The second-order valence-electron chi connectivity index (χ2n) is 6.12. The SMILES string of the molecule is C[C@@H]1CNCCN1C(=O)C1CC(=O)N(c2cc(F)cc(F)c2)C1. The number of halogens is 2. The zero-order valence-electron chi connectivity index (χ0n) is 12.9. The molecule has 2 aliphatic heterocycles. The molecule has 0 aliphatic carbocycles. The maximum absolute atomic E-state index is 13.3. The molecule has 2 saturated heterocycles. The highest BCUT2D eigenvalue weighted by Crippen LogP contribution is 2.28. The Hall–Kier alpha value is -2.02. The molecule has 3 rings (SSSR count). The van der Waals surface area contributed by atoms with Crippen LogP contribution in [-0.4, -0.2) is 48.9 Å². The van der Waals surface area contributed by atoms with Gasteiger partial charge in [0.1, 0.15) is 11.6 Å². The Morgan fingerprint density at radius 1 is 1.26 bits per heavy atom. The minimum Gasteiger partial charge on any atom is -0.337 e. The van der Waals surface area contributed by atoms with Crippen molar-refractivity contribution >= 4 is 17.5 Å². The number of benzene rings is 1. The number of hydrogen-bond donors (Lipinski definition) is 1. The van der Waals surface area contributed by atoms with Crippen LogP contribution < -0.4 is 10.2 Å². The third-order valence-corrected chi connectivity index (χ3v) is 4.42. The van der Waals surface area contributed by atoms with Gasteiger partial charge in [0.15, 0.2) is 0 Å². The third kappa shape index (κ3) is 3.19. The second-order valence-corrected chi connectivity index (χ2v) is 6.12. The first-order valence-electron chi connectivity index (χ1n) is 7.73. The summed E-state index contributed by atoms with van der Waals surface area (Å²) >= 11 is 0. The fourth-order valence-electron chi connectivity index (χ4n) is 3.22. The van der Waals surface area contributed by atoms with Gasteiger partial charge in [0.05, 0.1) is 5.92 Å². The number of nitrogens with zero attached hydrogens (tertiary/aromatic N) is 2. The fraction of sp³-hybridized carbons (Fsp3) is 0.500. The summed E-state index contributed by atoms with van der Waals surface area (Å²) in [6.45, 7) is 4.19. The fourth-order valence-corrected chi connectivity index (χ4v) is 3.22. The third-order valence-electron chi connectivity index (χ3n) is 4.42. The molecule has 1 unspecified atom stereocenters. The average molecular weight is 323 g/mol. The van der Waals surface area contributed by atoms with Crippen molar-refractivity contribution in [2.24, 2.45) is 5.92 Å². The normalized spacial score (nSPS) is 25.1. The zero-order chi connectivity index (χ0) is 16.6. The molecule has 0 spiro atoms. The van der Waals surface area contributed by atoms with E-state index < -0.39 is 17.6 Å². The molecule has 124 valence electrons. The van der Waals surface area contributed by atoms with Crippen LogP contribution in [0.2, 0.25) is 0 Å². The van der Waals surface area contributed by atoms with Gasteiger partial charge in [0.25, 0.3) is 0 Å². The monoisotopic (exact) mass is 323 g/mol. The molecule has 2 amide bonds. The Bertz CT molecular complexity index is 618. The maximum atomic E-state index is 13.3. The zero-order valence-corrected chi connectivity index (χ0v) is 12.9. The van der Waals surface area contributed by atoms with Gasteiger partial charge < -0.3 is 15.1 Å². The number of hydrogen-bond acceptors (Lipinski definition) is 3. The lowest BCUT2D eigenvalue weighted by molar-refractivity contribution is -0.138. The van der Waals surface area contributed by atoms with Crippen LogP contribution in [0, 0.1) is 17.6 Å². The number of carbonyl (C=O) groups is 2. The molecule has 0 aromatic heterocycles. The van der Waals surface area contributed by atoms with Crippen LogP contribution in [-0.2, 0) is 9.59 Å². The van der Waals surface area contributed by atoms with Crippen LogP contribution in [0.4, 0.5) is 14.5 Å². The minimum atomic E-state index is -0.738. The van der Waals surface area contributed by atoms with Gasteiger partial charge in [-0.15, -0.1) is 0 Å². The molecule has 23 heavy (non-hydrogen) atoms. The summed E-state index contributed by atoms with van der Waals surface area (Å²) in [6, 6.07) is 3.06. The van der Waals surface area contributed by atoms with E-state index in [0.29, 0.717) is 6.54 Å². The first-order valence-corrected chi connectivity index (χ1v) is 7.73. The van der Waals surface area contributed by atoms with E-state index in [1.54, 1.807) is 4.90 Å². The molecule has 0 saturated carbocycles. The predicted molar refractivity (Wildman–Crippen MR) is 80.9 cm³/mol. The van der Waals surface area contributed by atoms with Crippen molar-refractivity contribution in [3.63, 3.8) is 0 Å². The molecule has 1 N–H and O–H groups in total. The van der Waals surface area contributed by atoms with E-state index in [4.69, 9.17) is 0 Å². The molecule has 2 aliphatic rings. The highest BCUT2D eigenvalue weighted by atomic mass is 19.1. The Morgan fingerprint density at radius 3 is 2.61 bits per heavy atom. The lowest BCUT2D eigenvalue weighted by Gasteiger charge is -2.35. The summed E-state index contributed by atoms with van der Waals surface area (Å²) in [4.78, 5) is 27.9. The van der Waals surface area contributed by atoms with Crippen LogP contribution in [0.25, 0.3) is 0 Å². The van der Waals surface area contributed by atoms with Crippen molar-refractivity contribution in [3.8, 4) is 0 Å². The summed E-state index contributed by atoms with van der Waals surface area (Å²) in [6.07, 6.45) is 0.0770. The van der Waals surface area contributed by atoms with Crippen LogP contribution in [0.15, 0.2) is 18.2 Å². The summed E-state index contributed by atoms with van der Waals surface area (Å²) in [5, 5.41) is 3.21. The number of amides is 2. The average Bonchev–Trinajstić information content (AvgIpc) is 2.88. The first-order chi connectivity index (χ1) is 11.0. The highest BCUT2D eigenvalue weighted by molar-refractivity contribution is 6.00. The van der Waals surface area contributed by atoms with Crippen molar-refractivity contribution in [3.05, 3.63) is 29.8 Å². The van der Waals surface area contributed by atoms with E-state index >= 15 is 0 Å². The number of carbonyl (C=O) groups excluding carboxylic acids is 2. The molecule has 1 aromatic carbocycles.